The van der Waals surface area contributed by atoms with Crippen molar-refractivity contribution in [2.45, 2.75) is 40.0 Å². The van der Waals surface area contributed by atoms with Gasteiger partial charge in [-0.25, -0.2) is 0 Å². The Bertz CT molecular complexity index is 419. The summed E-state index contributed by atoms with van der Waals surface area (Å²) in [6.45, 7) is 10.2. The first-order valence-corrected chi connectivity index (χ1v) is 7.55. The lowest BCUT2D eigenvalue weighted by Gasteiger charge is -2.34. The molecule has 1 N–H and O–H groups in total. The highest BCUT2D eigenvalue weighted by atomic mass is 15.1. The van der Waals surface area contributed by atoms with E-state index in [1.54, 1.807) is 0 Å². The zero-order valence-corrected chi connectivity index (χ0v) is 12.9. The Hall–Kier alpha value is -1.02. The second-order valence-electron chi connectivity index (χ2n) is 6.32. The van der Waals surface area contributed by atoms with Crippen molar-refractivity contribution in [1.29, 1.82) is 0 Å². The highest BCUT2D eigenvalue weighted by molar-refractivity contribution is 5.54. The number of hydrogen-bond acceptors (Lipinski definition) is 2. The van der Waals surface area contributed by atoms with E-state index in [1.807, 2.05) is 0 Å². The van der Waals surface area contributed by atoms with Crippen LogP contribution in [-0.2, 0) is 0 Å². The number of nitrogens with zero attached hydrogens (tertiary/aromatic N) is 1. The molecule has 1 aromatic carbocycles. The fourth-order valence-corrected chi connectivity index (χ4v) is 3.58. The van der Waals surface area contributed by atoms with E-state index in [-0.39, 0.29) is 0 Å². The van der Waals surface area contributed by atoms with Crippen LogP contribution in [0.2, 0.25) is 0 Å². The van der Waals surface area contributed by atoms with Gasteiger partial charge in [0.15, 0.2) is 0 Å². The van der Waals surface area contributed by atoms with Crippen LogP contribution < -0.4 is 10.2 Å². The van der Waals surface area contributed by atoms with E-state index in [2.05, 4.69) is 56.2 Å². The van der Waals surface area contributed by atoms with E-state index < -0.39 is 0 Å². The van der Waals surface area contributed by atoms with Gasteiger partial charge in [0.2, 0.25) is 0 Å². The maximum Gasteiger partial charge on any atom is 0.0393 e. The van der Waals surface area contributed by atoms with Crippen LogP contribution in [0.4, 0.5) is 5.69 Å². The summed E-state index contributed by atoms with van der Waals surface area (Å²) in [7, 11) is 2.24. The number of anilines is 1. The van der Waals surface area contributed by atoms with Crippen molar-refractivity contribution in [1.82, 2.24) is 5.32 Å². The number of nitrogens with one attached hydrogen (secondary N) is 1. The molecule has 1 unspecified atom stereocenters. The molecule has 106 valence electrons. The Morgan fingerprint density at radius 3 is 2.68 bits per heavy atom. The van der Waals surface area contributed by atoms with Crippen LogP contribution in [0, 0.1) is 19.3 Å². The molecule has 0 aliphatic carbocycles. The van der Waals surface area contributed by atoms with Crippen molar-refractivity contribution in [3.63, 3.8) is 0 Å². The first-order chi connectivity index (χ1) is 9.06. The van der Waals surface area contributed by atoms with Gasteiger partial charge in [-0.2, -0.15) is 0 Å². The molecule has 0 bridgehead atoms. The molecular weight excluding hydrogens is 232 g/mol. The van der Waals surface area contributed by atoms with Gasteiger partial charge >= 0.3 is 0 Å². The van der Waals surface area contributed by atoms with Gasteiger partial charge in [-0.1, -0.05) is 31.0 Å². The Balaban J connectivity index is 2.12. The van der Waals surface area contributed by atoms with Gasteiger partial charge in [0.1, 0.15) is 0 Å². The molecule has 0 radical (unpaired) electrons. The maximum atomic E-state index is 3.55. The van der Waals surface area contributed by atoms with Gasteiger partial charge in [0.05, 0.1) is 0 Å². The van der Waals surface area contributed by atoms with Crippen LogP contribution in [0.1, 0.15) is 37.3 Å². The molecule has 2 rings (SSSR count). The van der Waals surface area contributed by atoms with Crippen molar-refractivity contribution < 1.29 is 0 Å². The highest BCUT2D eigenvalue weighted by Gasteiger charge is 2.34. The van der Waals surface area contributed by atoms with E-state index in [1.165, 1.54) is 49.2 Å². The van der Waals surface area contributed by atoms with Crippen LogP contribution in [0.5, 0.6) is 0 Å². The van der Waals surface area contributed by atoms with Crippen molar-refractivity contribution in [2.75, 3.05) is 31.6 Å². The second-order valence-corrected chi connectivity index (χ2v) is 6.32. The standard InChI is InChI=1S/C17H28N2/c1-5-8-17(9-10-18-12-17)13-19(4)16-7-6-14(2)11-15(16)3/h6-7,11,18H,5,8-10,12-13H2,1-4H3. The van der Waals surface area contributed by atoms with Crippen LogP contribution in [0.25, 0.3) is 0 Å². The SMILES string of the molecule is CCCC1(CN(C)c2ccc(C)cc2C)CCNC1. The van der Waals surface area contributed by atoms with Crippen molar-refractivity contribution >= 4 is 5.69 Å². The number of benzene rings is 1. The lowest BCUT2D eigenvalue weighted by Crippen LogP contribution is -2.37. The number of aryl methyl sites for hydroxylation is 2. The second kappa shape index (κ2) is 5.96. The first kappa shape index (κ1) is 14.4. The molecule has 1 heterocycles. The zero-order valence-electron chi connectivity index (χ0n) is 12.9. The van der Waals surface area contributed by atoms with Gasteiger partial charge < -0.3 is 10.2 Å². The Morgan fingerprint density at radius 2 is 2.11 bits per heavy atom. The summed E-state index contributed by atoms with van der Waals surface area (Å²) in [6, 6.07) is 6.77. The topological polar surface area (TPSA) is 15.3 Å². The molecule has 0 aromatic heterocycles. The fraction of sp³-hybridized carbons (Fsp3) is 0.647. The average molecular weight is 260 g/mol. The molecular formula is C17H28N2. The lowest BCUT2D eigenvalue weighted by molar-refractivity contribution is 0.299. The minimum absolute atomic E-state index is 0.473. The minimum Gasteiger partial charge on any atom is -0.374 e. The summed E-state index contributed by atoms with van der Waals surface area (Å²) < 4.78 is 0. The predicted octanol–water partition coefficient (Wildman–Crippen LogP) is 3.52. The molecule has 2 heteroatoms. The average Bonchev–Trinajstić information content (AvgIpc) is 2.77. The number of hydrogen-bond donors (Lipinski definition) is 1. The Labute approximate surface area is 118 Å². The third-order valence-corrected chi connectivity index (χ3v) is 4.45. The normalized spacial score (nSPS) is 22.7. The third-order valence-electron chi connectivity index (χ3n) is 4.45. The largest absolute Gasteiger partial charge is 0.374 e. The molecule has 1 fully saturated rings. The predicted molar refractivity (Wildman–Crippen MR) is 84.0 cm³/mol. The summed E-state index contributed by atoms with van der Waals surface area (Å²) in [4.78, 5) is 2.46. The van der Waals surface area contributed by atoms with Gasteiger partial charge in [0, 0.05) is 31.2 Å². The molecule has 1 saturated heterocycles. The molecule has 0 spiro atoms. The summed E-state index contributed by atoms with van der Waals surface area (Å²) in [6.07, 6.45) is 3.92. The quantitative estimate of drug-likeness (QED) is 0.871. The van der Waals surface area contributed by atoms with Crippen LogP contribution >= 0.6 is 0 Å². The Kier molecular flexibility index (Phi) is 4.51. The molecule has 0 amide bonds. The third kappa shape index (κ3) is 3.30. The molecule has 0 saturated carbocycles. The van der Waals surface area contributed by atoms with Crippen LogP contribution in [0.15, 0.2) is 18.2 Å². The van der Waals surface area contributed by atoms with E-state index in [9.17, 15) is 0 Å². The summed E-state index contributed by atoms with van der Waals surface area (Å²) in [5, 5.41) is 3.55. The van der Waals surface area contributed by atoms with Gasteiger partial charge in [-0.15, -0.1) is 0 Å². The van der Waals surface area contributed by atoms with Crippen LogP contribution in [0.3, 0.4) is 0 Å². The minimum atomic E-state index is 0.473. The van der Waals surface area contributed by atoms with E-state index in [0.717, 1.165) is 6.54 Å². The van der Waals surface area contributed by atoms with Gasteiger partial charge in [0.25, 0.3) is 0 Å². The fourth-order valence-electron chi connectivity index (χ4n) is 3.58. The molecule has 19 heavy (non-hydrogen) atoms. The van der Waals surface area contributed by atoms with E-state index in [0.29, 0.717) is 5.41 Å². The van der Waals surface area contributed by atoms with E-state index in [4.69, 9.17) is 0 Å². The van der Waals surface area contributed by atoms with Gasteiger partial charge in [-0.05, 0) is 44.9 Å². The number of rotatable bonds is 5. The lowest BCUT2D eigenvalue weighted by atomic mass is 9.82. The summed E-state index contributed by atoms with van der Waals surface area (Å²) >= 11 is 0. The molecule has 1 aromatic rings. The molecule has 2 nitrogen and oxygen atoms in total. The molecule has 1 atom stereocenters. The summed E-state index contributed by atoms with van der Waals surface area (Å²) in [5.74, 6) is 0. The van der Waals surface area contributed by atoms with Crippen molar-refractivity contribution in [2.24, 2.45) is 5.41 Å². The first-order valence-electron chi connectivity index (χ1n) is 7.55. The zero-order chi connectivity index (χ0) is 13.9. The molecule has 1 aliphatic rings. The van der Waals surface area contributed by atoms with E-state index >= 15 is 0 Å². The monoisotopic (exact) mass is 260 g/mol. The van der Waals surface area contributed by atoms with Gasteiger partial charge in [-0.3, -0.25) is 0 Å². The molecule has 1 aliphatic heterocycles. The van der Waals surface area contributed by atoms with Crippen LogP contribution in [-0.4, -0.2) is 26.7 Å². The summed E-state index contributed by atoms with van der Waals surface area (Å²) in [5.41, 5.74) is 4.59. The van der Waals surface area contributed by atoms with Crippen molar-refractivity contribution in [3.8, 4) is 0 Å². The van der Waals surface area contributed by atoms with Crippen molar-refractivity contribution in [3.05, 3.63) is 29.3 Å². The highest BCUT2D eigenvalue weighted by Crippen LogP contribution is 2.33. The smallest absolute Gasteiger partial charge is 0.0393 e. The maximum absolute atomic E-state index is 3.55. The Morgan fingerprint density at radius 1 is 1.32 bits per heavy atom.